The fraction of sp³-hybridized carbons (Fsp3) is 0.500. The molecule has 0 fully saturated rings. The predicted octanol–water partition coefficient (Wildman–Crippen LogP) is 2.30. The van der Waals surface area contributed by atoms with E-state index < -0.39 is 5.92 Å². The van der Waals surface area contributed by atoms with Crippen molar-refractivity contribution in [1.82, 2.24) is 9.78 Å². The van der Waals surface area contributed by atoms with Crippen molar-refractivity contribution in [2.45, 2.75) is 19.4 Å². The highest BCUT2D eigenvalue weighted by molar-refractivity contribution is 9.10. The van der Waals surface area contributed by atoms with Gasteiger partial charge in [-0.1, -0.05) is 0 Å². The summed E-state index contributed by atoms with van der Waals surface area (Å²) in [6.07, 6.45) is 1.50. The lowest BCUT2D eigenvalue weighted by molar-refractivity contribution is 0.000517. The molecule has 11 heavy (non-hydrogen) atoms. The highest BCUT2D eigenvalue weighted by atomic mass is 79.9. The number of halogens is 3. The van der Waals surface area contributed by atoms with Crippen molar-refractivity contribution in [3.8, 4) is 0 Å². The number of alkyl halides is 2. The Morgan fingerprint density at radius 2 is 2.36 bits per heavy atom. The number of aromatic nitrogens is 2. The fourth-order valence-electron chi connectivity index (χ4n) is 0.709. The molecule has 0 aliphatic rings. The molecule has 2 nitrogen and oxygen atoms in total. The van der Waals surface area contributed by atoms with E-state index in [9.17, 15) is 8.78 Å². The van der Waals surface area contributed by atoms with Crippen LogP contribution in [0.25, 0.3) is 0 Å². The molecule has 0 N–H and O–H groups in total. The maximum atomic E-state index is 12.3. The second kappa shape index (κ2) is 2.89. The van der Waals surface area contributed by atoms with Crippen LogP contribution in [0.3, 0.4) is 0 Å². The molecule has 1 rings (SSSR count). The summed E-state index contributed by atoms with van der Waals surface area (Å²) in [7, 11) is 0. The summed E-state index contributed by atoms with van der Waals surface area (Å²) in [6.45, 7) is 0.487. The van der Waals surface area contributed by atoms with Crippen LogP contribution in [-0.2, 0) is 6.54 Å². The Hall–Kier alpha value is -0.450. The zero-order valence-corrected chi connectivity index (χ0v) is 7.48. The van der Waals surface area contributed by atoms with Crippen molar-refractivity contribution in [1.29, 1.82) is 0 Å². The van der Waals surface area contributed by atoms with Crippen LogP contribution in [-0.4, -0.2) is 15.7 Å². The highest BCUT2D eigenvalue weighted by Crippen LogP contribution is 2.15. The predicted molar refractivity (Wildman–Crippen MR) is 40.5 cm³/mol. The molecule has 0 saturated carbocycles. The van der Waals surface area contributed by atoms with Crippen LogP contribution in [0.4, 0.5) is 8.78 Å². The summed E-state index contributed by atoms with van der Waals surface area (Å²) in [5.41, 5.74) is 0. The first-order valence-corrected chi connectivity index (χ1v) is 3.83. The molecule has 5 heteroatoms. The van der Waals surface area contributed by atoms with E-state index in [1.165, 1.54) is 10.9 Å². The minimum absolute atomic E-state index is 0.376. The van der Waals surface area contributed by atoms with Crippen LogP contribution in [0.5, 0.6) is 0 Å². The summed E-state index contributed by atoms with van der Waals surface area (Å²) >= 11 is 3.06. The smallest absolute Gasteiger partial charge is 0.264 e. The molecular formula is C6H7BrF2N2. The van der Waals surface area contributed by atoms with Crippen molar-refractivity contribution in [3.05, 3.63) is 16.9 Å². The molecule has 0 aliphatic carbocycles. The second-order valence-electron chi connectivity index (χ2n) is 2.41. The molecule has 0 radical (unpaired) electrons. The number of nitrogens with zero attached hydrogens (tertiary/aromatic N) is 2. The molecule has 0 saturated heterocycles. The Morgan fingerprint density at radius 1 is 1.73 bits per heavy atom. The standard InChI is InChI=1S/C6H7BrF2N2/c1-6(8,9)4-11-3-2-5(7)10-11/h2-3H,4H2,1H3. The van der Waals surface area contributed by atoms with Gasteiger partial charge in [0.05, 0.1) is 0 Å². The molecule has 0 bridgehead atoms. The third-order valence-corrected chi connectivity index (χ3v) is 1.47. The molecule has 0 aliphatic heterocycles. The first-order valence-electron chi connectivity index (χ1n) is 3.04. The van der Waals surface area contributed by atoms with E-state index in [0.29, 0.717) is 4.60 Å². The lowest BCUT2D eigenvalue weighted by atomic mass is 10.4. The van der Waals surface area contributed by atoms with Crippen LogP contribution < -0.4 is 0 Å². The van der Waals surface area contributed by atoms with E-state index >= 15 is 0 Å². The van der Waals surface area contributed by atoms with Gasteiger partial charge in [-0.15, -0.1) is 0 Å². The van der Waals surface area contributed by atoms with Gasteiger partial charge in [0.25, 0.3) is 5.92 Å². The lowest BCUT2D eigenvalue weighted by Gasteiger charge is -2.08. The Balaban J connectivity index is 2.65. The van der Waals surface area contributed by atoms with E-state index in [4.69, 9.17) is 0 Å². The Morgan fingerprint density at radius 3 is 2.73 bits per heavy atom. The topological polar surface area (TPSA) is 17.8 Å². The maximum Gasteiger partial charge on any atom is 0.264 e. The van der Waals surface area contributed by atoms with Gasteiger partial charge in [0.1, 0.15) is 11.1 Å². The van der Waals surface area contributed by atoms with Gasteiger partial charge >= 0.3 is 0 Å². The average molecular weight is 225 g/mol. The molecule has 0 atom stereocenters. The van der Waals surface area contributed by atoms with Gasteiger partial charge < -0.3 is 0 Å². The van der Waals surface area contributed by atoms with Gasteiger partial charge in [-0.05, 0) is 22.0 Å². The molecule has 0 unspecified atom stereocenters. The van der Waals surface area contributed by atoms with Crippen LogP contribution in [0.1, 0.15) is 6.92 Å². The summed E-state index contributed by atoms with van der Waals surface area (Å²) in [5, 5.41) is 3.75. The fourth-order valence-corrected chi connectivity index (χ4v) is 1.03. The zero-order chi connectivity index (χ0) is 8.48. The molecule has 0 aromatic carbocycles. The molecule has 1 heterocycles. The van der Waals surface area contributed by atoms with Crippen molar-refractivity contribution >= 4 is 15.9 Å². The highest BCUT2D eigenvalue weighted by Gasteiger charge is 2.21. The first kappa shape index (κ1) is 8.64. The number of hydrogen-bond donors (Lipinski definition) is 0. The van der Waals surface area contributed by atoms with Gasteiger partial charge in [-0.2, -0.15) is 5.10 Å². The van der Waals surface area contributed by atoms with Crippen molar-refractivity contribution in [2.75, 3.05) is 0 Å². The first-order chi connectivity index (χ1) is 4.97. The minimum atomic E-state index is -2.70. The van der Waals surface area contributed by atoms with E-state index in [1.807, 2.05) is 0 Å². The van der Waals surface area contributed by atoms with Crippen LogP contribution >= 0.6 is 15.9 Å². The quantitative estimate of drug-likeness (QED) is 0.754. The molecule has 1 aromatic heterocycles. The van der Waals surface area contributed by atoms with Crippen LogP contribution in [0, 0.1) is 0 Å². The Labute approximate surface area is 71.3 Å². The molecule has 1 aromatic rings. The SMILES string of the molecule is CC(F)(F)Cn1ccc(Br)n1. The third kappa shape index (κ3) is 2.96. The third-order valence-electron chi connectivity index (χ3n) is 1.05. The largest absolute Gasteiger partial charge is 0.266 e. The summed E-state index contributed by atoms with van der Waals surface area (Å²) in [5.74, 6) is -2.70. The minimum Gasteiger partial charge on any atom is -0.266 e. The van der Waals surface area contributed by atoms with Gasteiger partial charge in [0.15, 0.2) is 0 Å². The normalized spacial score (nSPS) is 12.0. The number of hydrogen-bond acceptors (Lipinski definition) is 1. The van der Waals surface area contributed by atoms with Crippen molar-refractivity contribution < 1.29 is 8.78 Å². The molecular weight excluding hydrogens is 218 g/mol. The zero-order valence-electron chi connectivity index (χ0n) is 5.89. The van der Waals surface area contributed by atoms with Crippen LogP contribution in [0.2, 0.25) is 0 Å². The molecule has 62 valence electrons. The van der Waals surface area contributed by atoms with Gasteiger partial charge in [0.2, 0.25) is 0 Å². The van der Waals surface area contributed by atoms with Gasteiger partial charge in [0, 0.05) is 13.1 Å². The van der Waals surface area contributed by atoms with E-state index in [-0.39, 0.29) is 6.54 Å². The van der Waals surface area contributed by atoms with Crippen molar-refractivity contribution in [2.24, 2.45) is 0 Å². The van der Waals surface area contributed by atoms with Crippen LogP contribution in [0.15, 0.2) is 16.9 Å². The summed E-state index contributed by atoms with van der Waals surface area (Å²) in [4.78, 5) is 0. The number of rotatable bonds is 2. The second-order valence-corrected chi connectivity index (χ2v) is 3.22. The van der Waals surface area contributed by atoms with Gasteiger partial charge in [-0.25, -0.2) is 8.78 Å². The van der Waals surface area contributed by atoms with E-state index in [1.54, 1.807) is 6.07 Å². The van der Waals surface area contributed by atoms with E-state index in [0.717, 1.165) is 6.92 Å². The summed E-state index contributed by atoms with van der Waals surface area (Å²) < 4.78 is 26.5. The Bertz CT molecular complexity index is 241. The average Bonchev–Trinajstić information content (AvgIpc) is 2.10. The Kier molecular flexibility index (Phi) is 2.27. The van der Waals surface area contributed by atoms with E-state index in [2.05, 4.69) is 21.0 Å². The molecule has 0 spiro atoms. The van der Waals surface area contributed by atoms with Crippen molar-refractivity contribution in [3.63, 3.8) is 0 Å². The summed E-state index contributed by atoms with van der Waals surface area (Å²) in [6, 6.07) is 1.62. The molecule has 0 amide bonds. The monoisotopic (exact) mass is 224 g/mol. The van der Waals surface area contributed by atoms with Gasteiger partial charge in [-0.3, -0.25) is 4.68 Å². The lowest BCUT2D eigenvalue weighted by Crippen LogP contribution is -2.19. The maximum absolute atomic E-state index is 12.3.